The smallest absolute Gasteiger partial charge is 0.333 e. The maximum atomic E-state index is 13.8. The van der Waals surface area contributed by atoms with Crippen molar-refractivity contribution in [1.82, 2.24) is 19.7 Å². The Morgan fingerprint density at radius 1 is 1.29 bits per heavy atom. The summed E-state index contributed by atoms with van der Waals surface area (Å²) in [5.41, 5.74) is 1.11. The van der Waals surface area contributed by atoms with Crippen molar-refractivity contribution >= 4 is 21.7 Å². The van der Waals surface area contributed by atoms with Gasteiger partial charge in [-0.3, -0.25) is 14.1 Å². The summed E-state index contributed by atoms with van der Waals surface area (Å²) in [6.07, 6.45) is 3.05. The molecule has 4 rings (SSSR count). The summed E-state index contributed by atoms with van der Waals surface area (Å²) in [7, 11) is -4.28. The van der Waals surface area contributed by atoms with Gasteiger partial charge in [-0.05, 0) is 42.7 Å². The second-order valence-electron chi connectivity index (χ2n) is 11.4. The van der Waals surface area contributed by atoms with Crippen LogP contribution in [0.5, 0.6) is 0 Å². The zero-order chi connectivity index (χ0) is 27.8. The summed E-state index contributed by atoms with van der Waals surface area (Å²) in [6.45, 7) is 6.35. The average molecular weight is 556 g/mol. The molecule has 2 aromatic heterocycles. The minimum absolute atomic E-state index is 0.0356. The number of nitrogens with zero attached hydrogens (tertiary/aromatic N) is 5. The minimum Gasteiger partial charge on any atom is -0.465 e. The van der Waals surface area contributed by atoms with Crippen molar-refractivity contribution in [1.29, 1.82) is 0 Å². The number of carbonyl (C=O) groups is 1. The zero-order valence-electron chi connectivity index (χ0n) is 22.1. The van der Waals surface area contributed by atoms with Gasteiger partial charge in [0.2, 0.25) is 0 Å². The molecule has 1 saturated heterocycles. The van der Waals surface area contributed by atoms with E-state index in [-0.39, 0.29) is 41.5 Å². The Hall–Kier alpha value is -2.64. The van der Waals surface area contributed by atoms with E-state index in [0.717, 1.165) is 6.20 Å². The van der Waals surface area contributed by atoms with Gasteiger partial charge in [-0.25, -0.2) is 13.1 Å². The van der Waals surface area contributed by atoms with Gasteiger partial charge in [-0.1, -0.05) is 20.8 Å². The number of esters is 1. The Morgan fingerprint density at radius 3 is 2.63 bits per heavy atom. The molecule has 2 aliphatic heterocycles. The number of likely N-dealkylation sites (tertiary alicyclic amines) is 1. The van der Waals surface area contributed by atoms with Gasteiger partial charge < -0.3 is 14.7 Å². The van der Waals surface area contributed by atoms with Crippen LogP contribution < -0.4 is 4.31 Å². The highest BCUT2D eigenvalue weighted by molar-refractivity contribution is 7.92. The number of alkyl halides is 2. The molecule has 0 unspecified atom stereocenters. The summed E-state index contributed by atoms with van der Waals surface area (Å²) in [4.78, 5) is 18.7. The number of rotatable bonds is 8. The van der Waals surface area contributed by atoms with Crippen LogP contribution in [0.2, 0.25) is 0 Å². The van der Waals surface area contributed by atoms with E-state index < -0.39 is 28.6 Å². The topological polar surface area (TPSA) is 118 Å². The molecule has 0 saturated carbocycles. The second-order valence-corrected chi connectivity index (χ2v) is 13.2. The van der Waals surface area contributed by atoms with E-state index in [4.69, 9.17) is 4.74 Å². The molecule has 0 aliphatic carbocycles. The van der Waals surface area contributed by atoms with E-state index in [1.165, 1.54) is 11.2 Å². The number of sulfonamides is 1. The standard InChI is InChI=1S/C25H35F2N5O5S/c1-16-22(14-31(29-16)24(26)27)38(35,36)32-12-18(11-30-6-5-19(33)13-30)7-20-21(32)8-17(10-28-20)9-23(34)37-15-25(2,3)4/h8,10,14,18-19,24,33H,5-7,9,11-13,15H2,1-4H3/t18-,19+/m0/s1. The number of ether oxygens (including phenoxy) is 1. The highest BCUT2D eigenvalue weighted by Gasteiger charge is 2.38. The van der Waals surface area contributed by atoms with Gasteiger partial charge in [-0.15, -0.1) is 0 Å². The molecule has 0 radical (unpaired) electrons. The molecule has 2 aliphatic rings. The molecule has 0 amide bonds. The predicted octanol–water partition coefficient (Wildman–Crippen LogP) is 2.55. The van der Waals surface area contributed by atoms with E-state index >= 15 is 0 Å². The van der Waals surface area contributed by atoms with Crippen molar-refractivity contribution < 1.29 is 31.8 Å². The Morgan fingerprint density at radius 2 is 2.03 bits per heavy atom. The monoisotopic (exact) mass is 555 g/mol. The van der Waals surface area contributed by atoms with Crippen molar-refractivity contribution in [3.8, 4) is 0 Å². The third-order valence-electron chi connectivity index (χ3n) is 6.60. The van der Waals surface area contributed by atoms with Crippen LogP contribution in [0, 0.1) is 18.3 Å². The zero-order valence-corrected chi connectivity index (χ0v) is 22.9. The number of pyridine rings is 1. The lowest BCUT2D eigenvalue weighted by molar-refractivity contribution is -0.145. The average Bonchev–Trinajstić information content (AvgIpc) is 3.42. The van der Waals surface area contributed by atoms with E-state index in [0.29, 0.717) is 54.1 Å². The molecule has 210 valence electrons. The first-order valence-electron chi connectivity index (χ1n) is 12.6. The molecule has 2 aromatic rings. The number of aliphatic hydroxyl groups is 1. The number of halogens is 2. The van der Waals surface area contributed by atoms with E-state index in [1.807, 2.05) is 20.8 Å². The molecule has 13 heteroatoms. The number of aryl methyl sites for hydroxylation is 1. The molecular formula is C25H35F2N5O5S. The number of fused-ring (bicyclic) bond motifs is 1. The molecule has 2 atom stereocenters. The van der Waals surface area contributed by atoms with Crippen LogP contribution in [0.1, 0.15) is 50.7 Å². The number of aromatic nitrogens is 3. The largest absolute Gasteiger partial charge is 0.465 e. The fourth-order valence-corrected chi connectivity index (χ4v) is 6.53. The van der Waals surface area contributed by atoms with E-state index in [1.54, 1.807) is 12.3 Å². The van der Waals surface area contributed by atoms with Crippen LogP contribution >= 0.6 is 0 Å². The van der Waals surface area contributed by atoms with Gasteiger partial charge in [0.05, 0.1) is 42.4 Å². The highest BCUT2D eigenvalue weighted by atomic mass is 32.2. The number of hydrogen-bond donors (Lipinski definition) is 1. The summed E-state index contributed by atoms with van der Waals surface area (Å²) < 4.78 is 61.1. The molecule has 0 spiro atoms. The normalized spacial score (nSPS) is 20.7. The molecular weight excluding hydrogens is 520 g/mol. The molecule has 38 heavy (non-hydrogen) atoms. The van der Waals surface area contributed by atoms with E-state index in [9.17, 15) is 27.1 Å². The molecule has 4 heterocycles. The van der Waals surface area contributed by atoms with Gasteiger partial charge in [0.25, 0.3) is 10.0 Å². The van der Waals surface area contributed by atoms with Crippen molar-refractivity contribution in [3.05, 3.63) is 35.4 Å². The van der Waals surface area contributed by atoms with Crippen LogP contribution in [-0.2, 0) is 32.4 Å². The van der Waals surface area contributed by atoms with Crippen LogP contribution in [0.15, 0.2) is 23.4 Å². The Bertz CT molecular complexity index is 1280. The summed E-state index contributed by atoms with van der Waals surface area (Å²) in [5.74, 6) is -0.588. The first-order chi connectivity index (χ1) is 17.7. The van der Waals surface area contributed by atoms with Crippen LogP contribution in [0.3, 0.4) is 0 Å². The van der Waals surface area contributed by atoms with Crippen molar-refractivity contribution in [2.45, 2.75) is 64.5 Å². The SMILES string of the molecule is Cc1nn(C(F)F)cc1S(=O)(=O)N1C[C@H](CN2CC[C@@H](O)C2)Cc2ncc(CC(=O)OCC(C)(C)C)cc21. The number of carbonyl (C=O) groups excluding carboxylic acids is 1. The first kappa shape index (κ1) is 28.4. The fraction of sp³-hybridized carbons (Fsp3) is 0.640. The second kappa shape index (κ2) is 10.9. The maximum Gasteiger partial charge on any atom is 0.333 e. The predicted molar refractivity (Wildman–Crippen MR) is 135 cm³/mol. The number of anilines is 1. The Kier molecular flexibility index (Phi) is 8.10. The van der Waals surface area contributed by atoms with E-state index in [2.05, 4.69) is 15.0 Å². The number of β-amino-alcohol motifs (C(OH)–C–C–N with tert-alkyl or cyclic N) is 1. The van der Waals surface area contributed by atoms with Crippen LogP contribution in [-0.4, -0.2) is 78.0 Å². The van der Waals surface area contributed by atoms with Gasteiger partial charge in [0, 0.05) is 32.4 Å². The first-order valence-corrected chi connectivity index (χ1v) is 14.1. The summed E-state index contributed by atoms with van der Waals surface area (Å²) >= 11 is 0. The molecule has 1 fully saturated rings. The van der Waals surface area contributed by atoms with Crippen LogP contribution in [0.4, 0.5) is 14.5 Å². The fourth-order valence-electron chi connectivity index (χ4n) is 4.81. The molecule has 0 aromatic carbocycles. The van der Waals surface area contributed by atoms with Crippen LogP contribution in [0.25, 0.3) is 0 Å². The maximum absolute atomic E-state index is 13.8. The minimum atomic E-state index is -4.28. The third-order valence-corrected chi connectivity index (χ3v) is 8.48. The molecule has 1 N–H and O–H groups in total. The quantitative estimate of drug-likeness (QED) is 0.494. The lowest BCUT2D eigenvalue weighted by Gasteiger charge is -2.36. The van der Waals surface area contributed by atoms with Gasteiger partial charge in [0.1, 0.15) is 4.90 Å². The van der Waals surface area contributed by atoms with Gasteiger partial charge in [-0.2, -0.15) is 13.9 Å². The third kappa shape index (κ3) is 6.49. The molecule has 10 nitrogen and oxygen atoms in total. The summed E-state index contributed by atoms with van der Waals surface area (Å²) in [5, 5.41) is 13.6. The number of aliphatic hydroxyl groups excluding tert-OH is 1. The van der Waals surface area contributed by atoms with Crippen molar-refractivity contribution in [2.75, 3.05) is 37.1 Å². The van der Waals surface area contributed by atoms with Gasteiger partial charge in [0.15, 0.2) is 0 Å². The number of hydrogen-bond acceptors (Lipinski definition) is 8. The lowest BCUT2D eigenvalue weighted by atomic mass is 9.96. The van der Waals surface area contributed by atoms with Crippen molar-refractivity contribution in [2.24, 2.45) is 11.3 Å². The van der Waals surface area contributed by atoms with Gasteiger partial charge >= 0.3 is 12.5 Å². The Balaban J connectivity index is 1.66. The van der Waals surface area contributed by atoms with Crippen molar-refractivity contribution in [3.63, 3.8) is 0 Å². The lowest BCUT2D eigenvalue weighted by Crippen LogP contribution is -2.44. The Labute approximate surface area is 221 Å². The summed E-state index contributed by atoms with van der Waals surface area (Å²) in [6, 6.07) is 1.61. The molecule has 0 bridgehead atoms. The highest BCUT2D eigenvalue weighted by Crippen LogP contribution is 2.35.